The highest BCUT2D eigenvalue weighted by Gasteiger charge is 2.17. The number of methoxy groups -OCH3 is 1. The minimum absolute atomic E-state index is 0.00673. The Morgan fingerprint density at radius 2 is 1.94 bits per heavy atom. The molecule has 0 radical (unpaired) electrons. The van der Waals surface area contributed by atoms with Gasteiger partial charge in [0.2, 0.25) is 0 Å². The topological polar surface area (TPSA) is 98.8 Å². The van der Waals surface area contributed by atoms with Crippen LogP contribution in [-0.2, 0) is 0 Å². The summed E-state index contributed by atoms with van der Waals surface area (Å²) < 4.78 is 7.06. The molecule has 10 heteroatoms. The molecule has 3 aromatic rings. The predicted octanol–water partition coefficient (Wildman–Crippen LogP) is 5.08. The first-order chi connectivity index (χ1) is 14.7. The van der Waals surface area contributed by atoms with Gasteiger partial charge in [0.05, 0.1) is 34.5 Å². The molecular formula is C21H18Cl2N4O4. The maximum atomic E-state index is 12.5. The second kappa shape index (κ2) is 9.20. The van der Waals surface area contributed by atoms with Gasteiger partial charge in [-0.2, -0.15) is 5.10 Å². The molecule has 0 spiro atoms. The summed E-state index contributed by atoms with van der Waals surface area (Å²) in [5.74, 6) is -0.430. The maximum Gasteiger partial charge on any atom is 0.275 e. The van der Waals surface area contributed by atoms with E-state index >= 15 is 0 Å². The zero-order valence-corrected chi connectivity index (χ0v) is 18.4. The minimum atomic E-state index is -0.633. The van der Waals surface area contributed by atoms with E-state index in [1.807, 2.05) is 30.5 Å². The fraction of sp³-hybridized carbons (Fsp3) is 0.143. The van der Waals surface area contributed by atoms with Crippen LogP contribution < -0.4 is 10.2 Å². The van der Waals surface area contributed by atoms with Gasteiger partial charge in [-0.05, 0) is 44.2 Å². The highest BCUT2D eigenvalue weighted by atomic mass is 35.5. The molecule has 0 fully saturated rings. The van der Waals surface area contributed by atoms with E-state index in [1.54, 1.807) is 12.1 Å². The normalized spacial score (nSPS) is 11.0. The van der Waals surface area contributed by atoms with Crippen LogP contribution in [-0.4, -0.2) is 28.7 Å². The number of rotatable bonds is 6. The SMILES string of the molecule is COc1ccc([N+](=O)[O-])cc1C(=O)N/N=C\c1cc(C)n(-c2ccc(Cl)cc2Cl)c1C. The molecule has 0 unspecified atom stereocenters. The summed E-state index contributed by atoms with van der Waals surface area (Å²) >= 11 is 12.3. The van der Waals surface area contributed by atoms with Gasteiger partial charge in [0, 0.05) is 34.1 Å². The Balaban J connectivity index is 1.85. The Labute approximate surface area is 188 Å². The molecule has 1 aromatic heterocycles. The Kier molecular flexibility index (Phi) is 6.62. The van der Waals surface area contributed by atoms with Crippen molar-refractivity contribution in [1.29, 1.82) is 0 Å². The van der Waals surface area contributed by atoms with E-state index in [4.69, 9.17) is 27.9 Å². The van der Waals surface area contributed by atoms with Crippen molar-refractivity contribution in [2.75, 3.05) is 7.11 Å². The number of nitro benzene ring substituents is 1. The zero-order valence-electron chi connectivity index (χ0n) is 16.8. The van der Waals surface area contributed by atoms with Crippen LogP contribution in [0.2, 0.25) is 10.0 Å². The highest BCUT2D eigenvalue weighted by molar-refractivity contribution is 6.35. The Morgan fingerprint density at radius 3 is 2.58 bits per heavy atom. The van der Waals surface area contributed by atoms with Crippen molar-refractivity contribution in [3.05, 3.63) is 85.1 Å². The molecule has 0 aliphatic carbocycles. The van der Waals surface area contributed by atoms with Crippen molar-refractivity contribution in [1.82, 2.24) is 9.99 Å². The average Bonchev–Trinajstić information content (AvgIpc) is 3.00. The average molecular weight is 461 g/mol. The predicted molar refractivity (Wildman–Crippen MR) is 120 cm³/mol. The first-order valence-electron chi connectivity index (χ1n) is 9.03. The molecule has 0 saturated carbocycles. The monoisotopic (exact) mass is 460 g/mol. The third-order valence-electron chi connectivity index (χ3n) is 4.63. The molecule has 0 aliphatic heterocycles. The van der Waals surface area contributed by atoms with Crippen molar-refractivity contribution < 1.29 is 14.5 Å². The summed E-state index contributed by atoms with van der Waals surface area (Å²) in [7, 11) is 1.37. The van der Waals surface area contributed by atoms with E-state index in [1.165, 1.54) is 25.5 Å². The number of aryl methyl sites for hydroxylation is 1. The second-order valence-corrected chi connectivity index (χ2v) is 7.44. The van der Waals surface area contributed by atoms with Crippen molar-refractivity contribution in [3.8, 4) is 11.4 Å². The largest absolute Gasteiger partial charge is 0.496 e. The van der Waals surface area contributed by atoms with E-state index in [9.17, 15) is 14.9 Å². The fourth-order valence-electron chi connectivity index (χ4n) is 3.16. The van der Waals surface area contributed by atoms with Gasteiger partial charge < -0.3 is 9.30 Å². The van der Waals surface area contributed by atoms with Gasteiger partial charge >= 0.3 is 0 Å². The molecule has 1 heterocycles. The number of nitrogens with zero attached hydrogens (tertiary/aromatic N) is 3. The number of hydrogen-bond acceptors (Lipinski definition) is 5. The molecule has 1 amide bonds. The maximum absolute atomic E-state index is 12.5. The highest BCUT2D eigenvalue weighted by Crippen LogP contribution is 2.28. The van der Waals surface area contributed by atoms with Crippen molar-refractivity contribution >= 4 is 41.0 Å². The first kappa shape index (κ1) is 22.3. The fourth-order valence-corrected chi connectivity index (χ4v) is 3.65. The van der Waals surface area contributed by atoms with Gasteiger partial charge in [0.1, 0.15) is 5.75 Å². The summed E-state index contributed by atoms with van der Waals surface area (Å²) in [6, 6.07) is 10.9. The molecular weight excluding hydrogens is 443 g/mol. The first-order valence-corrected chi connectivity index (χ1v) is 9.78. The third kappa shape index (κ3) is 4.70. The number of non-ortho nitro benzene ring substituents is 1. The van der Waals surface area contributed by atoms with Crippen LogP contribution in [0.1, 0.15) is 27.3 Å². The summed E-state index contributed by atoms with van der Waals surface area (Å²) in [4.78, 5) is 22.9. The molecule has 1 N–H and O–H groups in total. The molecule has 8 nitrogen and oxygen atoms in total. The number of nitrogens with one attached hydrogen (secondary N) is 1. The quantitative estimate of drug-likeness (QED) is 0.314. The lowest BCUT2D eigenvalue weighted by Gasteiger charge is -2.11. The molecule has 31 heavy (non-hydrogen) atoms. The lowest BCUT2D eigenvalue weighted by Crippen LogP contribution is -2.18. The van der Waals surface area contributed by atoms with Crippen LogP contribution in [0.25, 0.3) is 5.69 Å². The van der Waals surface area contributed by atoms with E-state index in [-0.39, 0.29) is 17.0 Å². The number of aromatic nitrogens is 1. The summed E-state index contributed by atoms with van der Waals surface area (Å²) in [5.41, 5.74) is 5.46. The minimum Gasteiger partial charge on any atom is -0.496 e. The molecule has 0 bridgehead atoms. The molecule has 3 rings (SSSR count). The third-order valence-corrected chi connectivity index (χ3v) is 5.17. The van der Waals surface area contributed by atoms with E-state index < -0.39 is 10.8 Å². The zero-order chi connectivity index (χ0) is 22.7. The Hall–Kier alpha value is -3.36. The summed E-state index contributed by atoms with van der Waals surface area (Å²) in [6.45, 7) is 3.81. The standard InChI is InChI=1S/C21H18Cl2N4O4/c1-12-8-14(13(2)26(12)19-6-4-15(22)9-18(19)23)11-24-25-21(28)17-10-16(27(29)30)5-7-20(17)31-3/h4-11H,1-3H3,(H,25,28)/b24-11-. The summed E-state index contributed by atoms with van der Waals surface area (Å²) in [6.07, 6.45) is 1.49. The smallest absolute Gasteiger partial charge is 0.275 e. The number of benzene rings is 2. The number of amides is 1. The van der Waals surface area contributed by atoms with Crippen LogP contribution in [0.3, 0.4) is 0 Å². The van der Waals surface area contributed by atoms with E-state index in [0.29, 0.717) is 10.0 Å². The van der Waals surface area contributed by atoms with Crippen LogP contribution in [0.5, 0.6) is 5.75 Å². The second-order valence-electron chi connectivity index (χ2n) is 6.60. The number of carbonyl (C=O) groups excluding carboxylic acids is 1. The van der Waals surface area contributed by atoms with Crippen LogP contribution >= 0.6 is 23.2 Å². The molecule has 0 atom stereocenters. The molecule has 0 aliphatic rings. The van der Waals surface area contributed by atoms with E-state index in [2.05, 4.69) is 10.5 Å². The van der Waals surface area contributed by atoms with Gasteiger partial charge in [0.25, 0.3) is 11.6 Å². The number of nitro groups is 1. The molecule has 0 saturated heterocycles. The van der Waals surface area contributed by atoms with Crippen LogP contribution in [0, 0.1) is 24.0 Å². The van der Waals surface area contributed by atoms with Gasteiger partial charge in [-0.25, -0.2) is 5.43 Å². The number of hydrazone groups is 1. The van der Waals surface area contributed by atoms with Crippen molar-refractivity contribution in [3.63, 3.8) is 0 Å². The lowest BCUT2D eigenvalue weighted by molar-refractivity contribution is -0.384. The van der Waals surface area contributed by atoms with E-state index in [0.717, 1.165) is 28.7 Å². The van der Waals surface area contributed by atoms with Crippen molar-refractivity contribution in [2.45, 2.75) is 13.8 Å². The molecule has 2 aromatic carbocycles. The van der Waals surface area contributed by atoms with Crippen LogP contribution in [0.4, 0.5) is 5.69 Å². The molecule has 160 valence electrons. The number of hydrogen-bond donors (Lipinski definition) is 1. The van der Waals surface area contributed by atoms with Gasteiger partial charge in [-0.15, -0.1) is 0 Å². The number of carbonyl (C=O) groups is 1. The lowest BCUT2D eigenvalue weighted by atomic mass is 10.1. The van der Waals surface area contributed by atoms with Gasteiger partial charge in [-0.1, -0.05) is 23.2 Å². The number of halogens is 2. The van der Waals surface area contributed by atoms with Crippen LogP contribution in [0.15, 0.2) is 47.6 Å². The number of ether oxygens (including phenoxy) is 1. The van der Waals surface area contributed by atoms with Gasteiger partial charge in [-0.3, -0.25) is 14.9 Å². The van der Waals surface area contributed by atoms with Gasteiger partial charge in [0.15, 0.2) is 0 Å². The summed E-state index contributed by atoms with van der Waals surface area (Å²) in [5, 5.41) is 16.0. The van der Waals surface area contributed by atoms with Crippen molar-refractivity contribution in [2.24, 2.45) is 5.10 Å². The Bertz CT molecular complexity index is 1200. The Morgan fingerprint density at radius 1 is 1.19 bits per heavy atom.